The van der Waals surface area contributed by atoms with E-state index in [2.05, 4.69) is 15.1 Å². The maximum atomic E-state index is 12.6. The molecule has 7 nitrogen and oxygen atoms in total. The molecule has 2 aromatic rings. The lowest BCUT2D eigenvalue weighted by atomic mass is 9.96. The smallest absolute Gasteiger partial charge is 0.256 e. The summed E-state index contributed by atoms with van der Waals surface area (Å²) in [5, 5.41) is 7.27. The molecule has 0 saturated heterocycles. The summed E-state index contributed by atoms with van der Waals surface area (Å²) in [5.41, 5.74) is 0.398. The van der Waals surface area contributed by atoms with Crippen LogP contribution in [-0.4, -0.2) is 30.1 Å². The molecule has 2 N–H and O–H groups in total. The average Bonchev–Trinajstić information content (AvgIpc) is 3.09. The van der Waals surface area contributed by atoms with Gasteiger partial charge in [0.2, 0.25) is 10.0 Å². The zero-order valence-electron chi connectivity index (χ0n) is 15.7. The second kappa shape index (κ2) is 8.22. The average molecular weight is 391 g/mol. The number of amides is 1. The van der Waals surface area contributed by atoms with Crippen LogP contribution in [0.3, 0.4) is 0 Å². The van der Waals surface area contributed by atoms with Crippen molar-refractivity contribution in [1.29, 1.82) is 0 Å². The molecule has 1 aliphatic rings. The molecule has 1 saturated carbocycles. The van der Waals surface area contributed by atoms with Crippen LogP contribution in [0, 0.1) is 0 Å². The van der Waals surface area contributed by atoms with Crippen molar-refractivity contribution < 1.29 is 13.2 Å². The van der Waals surface area contributed by atoms with E-state index in [1.54, 1.807) is 26.1 Å². The lowest BCUT2D eigenvalue weighted by Crippen LogP contribution is -2.30. The van der Waals surface area contributed by atoms with Crippen LogP contribution in [0.4, 0.5) is 5.82 Å². The SMILES string of the molecule is CC(C)NS(=O)(=O)c1ccc(C(=O)Nc2ccnn2C2CCCCC2)cc1. The number of anilines is 1. The van der Waals surface area contributed by atoms with Crippen molar-refractivity contribution in [2.75, 3.05) is 5.32 Å². The minimum absolute atomic E-state index is 0.139. The lowest BCUT2D eigenvalue weighted by molar-refractivity contribution is 0.102. The van der Waals surface area contributed by atoms with Crippen LogP contribution in [0.15, 0.2) is 41.4 Å². The normalized spacial score (nSPS) is 15.8. The van der Waals surface area contributed by atoms with Gasteiger partial charge in [0.05, 0.1) is 17.1 Å². The van der Waals surface area contributed by atoms with E-state index in [0.717, 1.165) is 12.8 Å². The summed E-state index contributed by atoms with van der Waals surface area (Å²) < 4.78 is 28.8. The van der Waals surface area contributed by atoms with Crippen LogP contribution in [0.5, 0.6) is 0 Å². The number of sulfonamides is 1. The molecule has 146 valence electrons. The van der Waals surface area contributed by atoms with E-state index in [-0.39, 0.29) is 16.8 Å². The van der Waals surface area contributed by atoms with E-state index in [4.69, 9.17) is 0 Å². The monoisotopic (exact) mass is 390 g/mol. The van der Waals surface area contributed by atoms with E-state index < -0.39 is 10.0 Å². The molecule has 0 bridgehead atoms. The predicted molar refractivity (Wildman–Crippen MR) is 104 cm³/mol. The number of hydrogen-bond donors (Lipinski definition) is 2. The van der Waals surface area contributed by atoms with Gasteiger partial charge in [-0.25, -0.2) is 17.8 Å². The Balaban J connectivity index is 1.71. The molecule has 1 heterocycles. The predicted octanol–water partition coefficient (Wildman–Crippen LogP) is 3.33. The van der Waals surface area contributed by atoms with E-state index in [1.807, 2.05) is 4.68 Å². The number of nitrogens with zero attached hydrogens (tertiary/aromatic N) is 2. The van der Waals surface area contributed by atoms with Gasteiger partial charge in [0.1, 0.15) is 5.82 Å². The zero-order valence-corrected chi connectivity index (χ0v) is 16.5. The van der Waals surface area contributed by atoms with Gasteiger partial charge in [-0.05, 0) is 51.0 Å². The Labute approximate surface area is 160 Å². The van der Waals surface area contributed by atoms with Crippen LogP contribution in [0.25, 0.3) is 0 Å². The first kappa shape index (κ1) is 19.6. The van der Waals surface area contributed by atoms with E-state index in [0.29, 0.717) is 17.4 Å². The van der Waals surface area contributed by atoms with Crippen LogP contribution in [0.2, 0.25) is 0 Å². The molecule has 1 aliphatic carbocycles. The molecule has 8 heteroatoms. The van der Waals surface area contributed by atoms with E-state index in [1.165, 1.54) is 43.5 Å². The van der Waals surface area contributed by atoms with Gasteiger partial charge in [-0.2, -0.15) is 5.10 Å². The molecule has 27 heavy (non-hydrogen) atoms. The first-order valence-electron chi connectivity index (χ1n) is 9.34. The third-order valence-electron chi connectivity index (χ3n) is 4.65. The molecular formula is C19H26N4O3S. The van der Waals surface area contributed by atoms with Gasteiger partial charge in [0.25, 0.3) is 5.91 Å². The maximum absolute atomic E-state index is 12.6. The molecular weight excluding hydrogens is 364 g/mol. The summed E-state index contributed by atoms with van der Waals surface area (Å²) in [4.78, 5) is 12.7. The van der Waals surface area contributed by atoms with Gasteiger partial charge in [-0.1, -0.05) is 19.3 Å². The number of aromatic nitrogens is 2. The molecule has 1 aromatic carbocycles. The fourth-order valence-electron chi connectivity index (χ4n) is 3.38. The highest BCUT2D eigenvalue weighted by molar-refractivity contribution is 7.89. The number of rotatable bonds is 6. The fraction of sp³-hybridized carbons (Fsp3) is 0.474. The third kappa shape index (κ3) is 4.75. The Morgan fingerprint density at radius 1 is 1.11 bits per heavy atom. The summed E-state index contributed by atoms with van der Waals surface area (Å²) in [6.07, 6.45) is 7.44. The van der Waals surface area contributed by atoms with Gasteiger partial charge in [-0.15, -0.1) is 0 Å². The van der Waals surface area contributed by atoms with Crippen molar-refractivity contribution in [2.45, 2.75) is 62.9 Å². The topological polar surface area (TPSA) is 93.1 Å². The minimum Gasteiger partial charge on any atom is -0.307 e. The number of nitrogens with one attached hydrogen (secondary N) is 2. The summed E-state index contributed by atoms with van der Waals surface area (Å²) in [7, 11) is -3.57. The zero-order chi connectivity index (χ0) is 19.4. The first-order valence-corrected chi connectivity index (χ1v) is 10.8. The van der Waals surface area contributed by atoms with Crippen LogP contribution < -0.4 is 10.0 Å². The first-order chi connectivity index (χ1) is 12.9. The fourth-order valence-corrected chi connectivity index (χ4v) is 4.63. The van der Waals surface area contributed by atoms with Crippen molar-refractivity contribution in [3.8, 4) is 0 Å². The highest BCUT2D eigenvalue weighted by Crippen LogP contribution is 2.30. The number of hydrogen-bond acceptors (Lipinski definition) is 4. The molecule has 1 amide bonds. The standard InChI is InChI=1S/C19H26N4O3S/c1-14(2)22-27(25,26)17-10-8-15(9-11-17)19(24)21-18-12-13-20-23(18)16-6-4-3-5-7-16/h8-14,16,22H,3-7H2,1-2H3,(H,21,24). The van der Waals surface area contributed by atoms with Crippen molar-refractivity contribution in [3.63, 3.8) is 0 Å². The van der Waals surface area contributed by atoms with Crippen LogP contribution in [0.1, 0.15) is 62.4 Å². The van der Waals surface area contributed by atoms with Crippen molar-refractivity contribution in [1.82, 2.24) is 14.5 Å². The van der Waals surface area contributed by atoms with Gasteiger partial charge in [0.15, 0.2) is 0 Å². The second-order valence-electron chi connectivity index (χ2n) is 7.21. The maximum Gasteiger partial charge on any atom is 0.256 e. The van der Waals surface area contributed by atoms with Crippen LogP contribution in [-0.2, 0) is 10.0 Å². The Morgan fingerprint density at radius 3 is 2.41 bits per heavy atom. The highest BCUT2D eigenvalue weighted by atomic mass is 32.2. The summed E-state index contributed by atoms with van der Waals surface area (Å²) >= 11 is 0. The molecule has 1 aromatic heterocycles. The van der Waals surface area contributed by atoms with Gasteiger partial charge in [-0.3, -0.25) is 4.79 Å². The Morgan fingerprint density at radius 2 is 1.78 bits per heavy atom. The van der Waals surface area contributed by atoms with Crippen molar-refractivity contribution in [2.24, 2.45) is 0 Å². The minimum atomic E-state index is -3.57. The van der Waals surface area contributed by atoms with Gasteiger partial charge >= 0.3 is 0 Å². The van der Waals surface area contributed by atoms with Crippen molar-refractivity contribution >= 4 is 21.7 Å². The quantitative estimate of drug-likeness (QED) is 0.791. The van der Waals surface area contributed by atoms with E-state index >= 15 is 0 Å². The lowest BCUT2D eigenvalue weighted by Gasteiger charge is -2.23. The summed E-state index contributed by atoms with van der Waals surface area (Å²) in [6.45, 7) is 3.52. The van der Waals surface area contributed by atoms with E-state index in [9.17, 15) is 13.2 Å². The van der Waals surface area contributed by atoms with Crippen molar-refractivity contribution in [3.05, 3.63) is 42.1 Å². The molecule has 0 aliphatic heterocycles. The number of carbonyl (C=O) groups excluding carboxylic acids is 1. The summed E-state index contributed by atoms with van der Waals surface area (Å²) in [5.74, 6) is 0.387. The van der Waals surface area contributed by atoms with Crippen LogP contribution >= 0.6 is 0 Å². The number of carbonyl (C=O) groups is 1. The second-order valence-corrected chi connectivity index (χ2v) is 8.92. The Kier molecular flexibility index (Phi) is 5.96. The Hall–Kier alpha value is -2.19. The molecule has 3 rings (SSSR count). The van der Waals surface area contributed by atoms with Gasteiger partial charge in [0, 0.05) is 17.7 Å². The molecule has 0 atom stereocenters. The van der Waals surface area contributed by atoms with Gasteiger partial charge < -0.3 is 5.32 Å². The highest BCUT2D eigenvalue weighted by Gasteiger charge is 2.20. The largest absolute Gasteiger partial charge is 0.307 e. The summed E-state index contributed by atoms with van der Waals surface area (Å²) in [6, 6.07) is 7.84. The molecule has 1 fully saturated rings. The Bertz CT molecular complexity index is 882. The number of benzene rings is 1. The molecule has 0 spiro atoms. The molecule has 0 unspecified atom stereocenters. The third-order valence-corrected chi connectivity index (χ3v) is 6.32. The molecule has 0 radical (unpaired) electrons.